The molecule has 96 valence electrons. The second-order valence-electron chi connectivity index (χ2n) is 4.07. The fourth-order valence-electron chi connectivity index (χ4n) is 1.55. The van der Waals surface area contributed by atoms with Gasteiger partial charge in [0.15, 0.2) is 0 Å². The second-order valence-corrected chi connectivity index (χ2v) is 4.07. The van der Waals surface area contributed by atoms with E-state index < -0.39 is 0 Å². The number of nitrogens with one attached hydrogen (secondary N) is 2. The summed E-state index contributed by atoms with van der Waals surface area (Å²) in [5.74, 6) is 2.39. The minimum atomic E-state index is 0.574. The fourth-order valence-corrected chi connectivity index (χ4v) is 1.55. The molecule has 0 saturated carbocycles. The van der Waals surface area contributed by atoms with Crippen molar-refractivity contribution in [1.82, 2.24) is 9.97 Å². The summed E-state index contributed by atoms with van der Waals surface area (Å²) in [6, 6.07) is 3.90. The van der Waals surface area contributed by atoms with Crippen LogP contribution in [-0.2, 0) is 6.54 Å². The number of nitrogens with zero attached hydrogens (tertiary/aromatic N) is 2. The van der Waals surface area contributed by atoms with Gasteiger partial charge in [-0.25, -0.2) is 9.97 Å². The van der Waals surface area contributed by atoms with Crippen molar-refractivity contribution in [2.75, 3.05) is 17.2 Å². The SMILES string of the molecule is CCCNc1cc(NCc2ncc(C)o2)ccn1. The Balaban J connectivity index is 1.92. The molecule has 0 unspecified atom stereocenters. The summed E-state index contributed by atoms with van der Waals surface area (Å²) in [5.41, 5.74) is 0.999. The van der Waals surface area contributed by atoms with Crippen molar-refractivity contribution < 1.29 is 4.42 Å². The minimum absolute atomic E-state index is 0.574. The molecule has 0 fully saturated rings. The number of oxazole rings is 1. The zero-order valence-electron chi connectivity index (χ0n) is 10.7. The summed E-state index contributed by atoms with van der Waals surface area (Å²) in [6.07, 6.45) is 4.58. The van der Waals surface area contributed by atoms with Gasteiger partial charge in [0.25, 0.3) is 0 Å². The molecule has 0 saturated heterocycles. The van der Waals surface area contributed by atoms with E-state index in [1.54, 1.807) is 12.4 Å². The average molecular weight is 246 g/mol. The van der Waals surface area contributed by atoms with Crippen molar-refractivity contribution in [1.29, 1.82) is 0 Å². The molecule has 0 bridgehead atoms. The molecular formula is C13H18N4O. The predicted molar refractivity (Wildman–Crippen MR) is 71.6 cm³/mol. The molecule has 5 nitrogen and oxygen atoms in total. The van der Waals surface area contributed by atoms with Crippen molar-refractivity contribution in [3.8, 4) is 0 Å². The predicted octanol–water partition coefficient (Wildman–Crippen LogP) is 2.81. The van der Waals surface area contributed by atoms with Crippen LogP contribution in [0.1, 0.15) is 25.0 Å². The number of pyridine rings is 1. The Hall–Kier alpha value is -2.04. The number of aryl methyl sites for hydroxylation is 1. The molecule has 0 radical (unpaired) electrons. The third-order valence-electron chi connectivity index (χ3n) is 2.43. The van der Waals surface area contributed by atoms with Gasteiger partial charge in [-0.15, -0.1) is 0 Å². The summed E-state index contributed by atoms with van der Waals surface area (Å²) < 4.78 is 5.40. The van der Waals surface area contributed by atoms with Crippen LogP contribution in [0.3, 0.4) is 0 Å². The van der Waals surface area contributed by atoms with Gasteiger partial charge in [0, 0.05) is 24.5 Å². The summed E-state index contributed by atoms with van der Waals surface area (Å²) >= 11 is 0. The van der Waals surface area contributed by atoms with E-state index in [-0.39, 0.29) is 0 Å². The van der Waals surface area contributed by atoms with Crippen molar-refractivity contribution in [2.45, 2.75) is 26.8 Å². The molecule has 2 aromatic heterocycles. The Morgan fingerprint density at radius 1 is 1.28 bits per heavy atom. The van der Waals surface area contributed by atoms with Crippen molar-refractivity contribution in [3.63, 3.8) is 0 Å². The number of hydrogen-bond donors (Lipinski definition) is 2. The molecule has 0 aliphatic carbocycles. The van der Waals surface area contributed by atoms with Crippen LogP contribution < -0.4 is 10.6 Å². The number of aromatic nitrogens is 2. The summed E-state index contributed by atoms with van der Waals surface area (Å²) in [5, 5.41) is 6.50. The van der Waals surface area contributed by atoms with E-state index in [1.807, 2.05) is 19.1 Å². The Kier molecular flexibility index (Phi) is 4.17. The third-order valence-corrected chi connectivity index (χ3v) is 2.43. The maximum Gasteiger partial charge on any atom is 0.213 e. The molecule has 0 amide bonds. The van der Waals surface area contributed by atoms with Crippen LogP contribution in [0.15, 0.2) is 28.9 Å². The molecular weight excluding hydrogens is 228 g/mol. The van der Waals surface area contributed by atoms with Gasteiger partial charge in [0.2, 0.25) is 5.89 Å². The van der Waals surface area contributed by atoms with Gasteiger partial charge >= 0.3 is 0 Å². The molecule has 0 aromatic carbocycles. The lowest BCUT2D eigenvalue weighted by atomic mass is 10.3. The lowest BCUT2D eigenvalue weighted by molar-refractivity contribution is 0.479. The van der Waals surface area contributed by atoms with Crippen LogP contribution in [0.5, 0.6) is 0 Å². The molecule has 2 heterocycles. The van der Waals surface area contributed by atoms with E-state index in [2.05, 4.69) is 27.5 Å². The first-order valence-electron chi connectivity index (χ1n) is 6.13. The van der Waals surface area contributed by atoms with Gasteiger partial charge in [0.05, 0.1) is 12.7 Å². The van der Waals surface area contributed by atoms with Crippen LogP contribution in [0.25, 0.3) is 0 Å². The van der Waals surface area contributed by atoms with Crippen LogP contribution in [0, 0.1) is 6.92 Å². The molecule has 0 aliphatic rings. The van der Waals surface area contributed by atoms with E-state index >= 15 is 0 Å². The number of anilines is 2. The van der Waals surface area contributed by atoms with Crippen LogP contribution in [0.4, 0.5) is 11.5 Å². The summed E-state index contributed by atoms with van der Waals surface area (Å²) in [6.45, 7) is 5.51. The number of rotatable bonds is 6. The smallest absolute Gasteiger partial charge is 0.213 e. The first-order valence-corrected chi connectivity index (χ1v) is 6.13. The highest BCUT2D eigenvalue weighted by Crippen LogP contribution is 2.13. The maximum absolute atomic E-state index is 5.40. The highest BCUT2D eigenvalue weighted by Gasteiger charge is 2.01. The van der Waals surface area contributed by atoms with Crippen molar-refractivity contribution in [3.05, 3.63) is 36.2 Å². The average Bonchev–Trinajstić information content (AvgIpc) is 2.80. The quantitative estimate of drug-likeness (QED) is 0.820. The highest BCUT2D eigenvalue weighted by molar-refractivity contribution is 5.51. The third kappa shape index (κ3) is 3.48. The normalized spacial score (nSPS) is 10.3. The van der Waals surface area contributed by atoms with Gasteiger partial charge in [0.1, 0.15) is 11.6 Å². The van der Waals surface area contributed by atoms with E-state index in [0.717, 1.165) is 30.2 Å². The summed E-state index contributed by atoms with van der Waals surface area (Å²) in [4.78, 5) is 8.39. The van der Waals surface area contributed by atoms with Crippen LogP contribution in [0.2, 0.25) is 0 Å². The van der Waals surface area contributed by atoms with Crippen LogP contribution in [-0.4, -0.2) is 16.5 Å². The standard InChI is InChI=1S/C13H18N4O/c1-3-5-14-12-7-11(4-6-15-12)16-9-13-17-8-10(2)18-13/h4,6-8H,3,5,9H2,1-2H3,(H2,14,15,16). The van der Waals surface area contributed by atoms with Gasteiger partial charge in [-0.1, -0.05) is 6.92 Å². The number of hydrogen-bond acceptors (Lipinski definition) is 5. The Morgan fingerprint density at radius 3 is 2.89 bits per heavy atom. The van der Waals surface area contributed by atoms with Gasteiger partial charge in [-0.05, 0) is 19.4 Å². The van der Waals surface area contributed by atoms with Crippen molar-refractivity contribution in [2.24, 2.45) is 0 Å². The van der Waals surface area contributed by atoms with Crippen LogP contribution >= 0.6 is 0 Å². The van der Waals surface area contributed by atoms with Gasteiger partial charge in [-0.2, -0.15) is 0 Å². The van der Waals surface area contributed by atoms with Gasteiger partial charge in [-0.3, -0.25) is 0 Å². The molecule has 0 aliphatic heterocycles. The van der Waals surface area contributed by atoms with Gasteiger partial charge < -0.3 is 15.1 Å². The lowest BCUT2D eigenvalue weighted by Gasteiger charge is -2.07. The lowest BCUT2D eigenvalue weighted by Crippen LogP contribution is -2.04. The molecule has 0 spiro atoms. The maximum atomic E-state index is 5.40. The molecule has 2 aromatic rings. The Morgan fingerprint density at radius 2 is 2.17 bits per heavy atom. The fraction of sp³-hybridized carbons (Fsp3) is 0.385. The zero-order valence-corrected chi connectivity index (χ0v) is 10.7. The van der Waals surface area contributed by atoms with E-state index in [4.69, 9.17) is 4.42 Å². The Bertz CT molecular complexity index is 495. The Labute approximate surface area is 107 Å². The molecule has 2 rings (SSSR count). The molecule has 0 atom stereocenters. The highest BCUT2D eigenvalue weighted by atomic mass is 16.4. The van der Waals surface area contributed by atoms with E-state index in [9.17, 15) is 0 Å². The zero-order chi connectivity index (χ0) is 12.8. The first kappa shape index (κ1) is 12.4. The second kappa shape index (κ2) is 6.05. The topological polar surface area (TPSA) is 63.0 Å². The van der Waals surface area contributed by atoms with E-state index in [0.29, 0.717) is 12.4 Å². The largest absolute Gasteiger partial charge is 0.444 e. The molecule has 2 N–H and O–H groups in total. The summed E-state index contributed by atoms with van der Waals surface area (Å²) in [7, 11) is 0. The molecule has 18 heavy (non-hydrogen) atoms. The van der Waals surface area contributed by atoms with E-state index in [1.165, 1.54) is 0 Å². The van der Waals surface area contributed by atoms with Crippen molar-refractivity contribution >= 4 is 11.5 Å². The minimum Gasteiger partial charge on any atom is -0.444 e. The first-order chi connectivity index (χ1) is 8.78. The molecule has 5 heteroatoms. The monoisotopic (exact) mass is 246 g/mol.